The van der Waals surface area contributed by atoms with Gasteiger partial charge >= 0.3 is 6.36 Å². The number of alkyl halides is 3. The summed E-state index contributed by atoms with van der Waals surface area (Å²) < 4.78 is 41.7. The van der Waals surface area contributed by atoms with Crippen LogP contribution in [0.2, 0.25) is 0 Å². The summed E-state index contributed by atoms with van der Waals surface area (Å²) in [5.74, 6) is -0.909. The second-order valence-corrected chi connectivity index (χ2v) is 5.86. The van der Waals surface area contributed by atoms with Crippen molar-refractivity contribution in [1.29, 1.82) is 0 Å². The van der Waals surface area contributed by atoms with Crippen LogP contribution in [0.3, 0.4) is 0 Å². The van der Waals surface area contributed by atoms with Gasteiger partial charge in [0.05, 0.1) is 5.56 Å². The Kier molecular flexibility index (Phi) is 4.81. The Morgan fingerprint density at radius 2 is 2.10 bits per heavy atom. The Hall–Kier alpha value is -1.24. The molecule has 0 bridgehead atoms. The number of ether oxygens (including phenoxy) is 1. The fourth-order valence-corrected chi connectivity index (χ4v) is 2.98. The summed E-state index contributed by atoms with van der Waals surface area (Å²) >= 11 is 3.15. The van der Waals surface area contributed by atoms with Gasteiger partial charge in [0.2, 0.25) is 0 Å². The van der Waals surface area contributed by atoms with E-state index in [1.807, 2.05) is 6.92 Å². The van der Waals surface area contributed by atoms with E-state index in [0.29, 0.717) is 11.0 Å². The summed E-state index contributed by atoms with van der Waals surface area (Å²) in [5, 5.41) is 0. The highest BCUT2D eigenvalue weighted by atomic mass is 79.9. The average Bonchev–Trinajstić information content (AvgIpc) is 2.37. The summed E-state index contributed by atoms with van der Waals surface area (Å²) in [4.78, 5) is 14.2. The molecule has 1 atom stereocenters. The first-order valence-electron chi connectivity index (χ1n) is 6.65. The van der Waals surface area contributed by atoms with Gasteiger partial charge < -0.3 is 9.64 Å². The summed E-state index contributed by atoms with van der Waals surface area (Å²) in [6, 6.07) is 4.10. The Bertz CT molecular complexity index is 533. The predicted octanol–water partition coefficient (Wildman–Crippen LogP) is 4.36. The molecule has 21 heavy (non-hydrogen) atoms. The Morgan fingerprint density at radius 1 is 1.38 bits per heavy atom. The fourth-order valence-electron chi connectivity index (χ4n) is 2.47. The first-order chi connectivity index (χ1) is 9.79. The molecule has 0 aromatic heterocycles. The number of carbonyl (C=O) groups is 1. The number of nitrogens with zero attached hydrogens (tertiary/aromatic N) is 1. The maximum absolute atomic E-state index is 12.6. The van der Waals surface area contributed by atoms with Crippen LogP contribution in [0.15, 0.2) is 22.7 Å². The predicted molar refractivity (Wildman–Crippen MR) is 75.2 cm³/mol. The highest BCUT2D eigenvalue weighted by Crippen LogP contribution is 2.33. The van der Waals surface area contributed by atoms with E-state index >= 15 is 0 Å². The van der Waals surface area contributed by atoms with Crippen molar-refractivity contribution in [2.75, 3.05) is 6.54 Å². The average molecular weight is 366 g/mol. The molecule has 2 rings (SSSR count). The number of benzene rings is 1. The molecule has 0 N–H and O–H groups in total. The van der Waals surface area contributed by atoms with E-state index in [9.17, 15) is 18.0 Å². The number of amides is 1. The van der Waals surface area contributed by atoms with Gasteiger partial charge in [-0.3, -0.25) is 4.79 Å². The van der Waals surface area contributed by atoms with E-state index in [1.165, 1.54) is 12.1 Å². The first kappa shape index (κ1) is 16.1. The molecule has 0 spiro atoms. The Balaban J connectivity index is 2.35. The third-order valence-electron chi connectivity index (χ3n) is 3.48. The van der Waals surface area contributed by atoms with Crippen LogP contribution in [-0.4, -0.2) is 29.8 Å². The van der Waals surface area contributed by atoms with E-state index in [1.54, 1.807) is 4.90 Å². The van der Waals surface area contributed by atoms with Gasteiger partial charge in [-0.1, -0.05) is 6.07 Å². The van der Waals surface area contributed by atoms with Crippen LogP contribution in [0.1, 0.15) is 36.5 Å². The zero-order valence-corrected chi connectivity index (χ0v) is 13.0. The molecule has 7 heteroatoms. The molecule has 1 fully saturated rings. The lowest BCUT2D eigenvalue weighted by atomic mass is 10.0. The van der Waals surface area contributed by atoms with Crippen molar-refractivity contribution >= 4 is 21.8 Å². The molecule has 1 saturated heterocycles. The van der Waals surface area contributed by atoms with E-state index in [2.05, 4.69) is 20.7 Å². The van der Waals surface area contributed by atoms with Crippen LogP contribution in [0.5, 0.6) is 5.75 Å². The van der Waals surface area contributed by atoms with Gasteiger partial charge in [-0.15, -0.1) is 13.2 Å². The molecule has 1 aromatic rings. The largest absolute Gasteiger partial charge is 0.573 e. The van der Waals surface area contributed by atoms with Crippen molar-refractivity contribution in [1.82, 2.24) is 4.90 Å². The summed E-state index contributed by atoms with van der Waals surface area (Å²) in [5.41, 5.74) is -0.0800. The topological polar surface area (TPSA) is 29.5 Å². The number of rotatable bonds is 2. The highest BCUT2D eigenvalue weighted by molar-refractivity contribution is 9.10. The second-order valence-electron chi connectivity index (χ2n) is 5.00. The molecule has 0 saturated carbocycles. The minimum Gasteiger partial charge on any atom is -0.405 e. The second kappa shape index (κ2) is 6.25. The summed E-state index contributed by atoms with van der Waals surface area (Å²) in [6.07, 6.45) is -2.10. The van der Waals surface area contributed by atoms with Crippen LogP contribution >= 0.6 is 15.9 Å². The molecule has 1 aliphatic heterocycles. The van der Waals surface area contributed by atoms with E-state index in [-0.39, 0.29) is 11.6 Å². The van der Waals surface area contributed by atoms with Crippen molar-refractivity contribution in [3.63, 3.8) is 0 Å². The molecule has 1 aliphatic rings. The summed E-state index contributed by atoms with van der Waals surface area (Å²) in [7, 11) is 0. The van der Waals surface area contributed by atoms with E-state index in [0.717, 1.165) is 25.3 Å². The standard InChI is InChI=1S/C14H15BrF3NO2/c1-9-5-2-3-8-19(9)13(20)12-10(15)6-4-7-11(12)21-14(16,17)18/h4,6-7,9H,2-3,5,8H2,1H3. The van der Waals surface area contributed by atoms with Crippen molar-refractivity contribution in [3.8, 4) is 5.75 Å². The maximum atomic E-state index is 12.6. The number of likely N-dealkylation sites (tertiary alicyclic amines) is 1. The first-order valence-corrected chi connectivity index (χ1v) is 7.44. The van der Waals surface area contributed by atoms with Gasteiger partial charge in [-0.25, -0.2) is 0 Å². The van der Waals surface area contributed by atoms with Crippen LogP contribution in [0, 0.1) is 0 Å². The molecule has 1 unspecified atom stereocenters. The van der Waals surface area contributed by atoms with Crippen LogP contribution in [0.4, 0.5) is 13.2 Å². The molecule has 3 nitrogen and oxygen atoms in total. The Morgan fingerprint density at radius 3 is 2.71 bits per heavy atom. The molecule has 0 aliphatic carbocycles. The number of carbonyl (C=O) groups excluding carboxylic acids is 1. The zero-order valence-electron chi connectivity index (χ0n) is 11.4. The van der Waals surface area contributed by atoms with Gasteiger partial charge in [0.15, 0.2) is 0 Å². The minimum atomic E-state index is -4.83. The van der Waals surface area contributed by atoms with Crippen LogP contribution in [0.25, 0.3) is 0 Å². The smallest absolute Gasteiger partial charge is 0.405 e. The zero-order chi connectivity index (χ0) is 15.6. The SMILES string of the molecule is CC1CCCCN1C(=O)c1c(Br)cccc1OC(F)(F)F. The Labute approximate surface area is 129 Å². The number of hydrogen-bond acceptors (Lipinski definition) is 2. The lowest BCUT2D eigenvalue weighted by Gasteiger charge is -2.34. The molecular formula is C14H15BrF3NO2. The van der Waals surface area contributed by atoms with Crippen molar-refractivity contribution in [2.45, 2.75) is 38.6 Å². The molecule has 116 valence electrons. The summed E-state index contributed by atoms with van der Waals surface area (Å²) in [6.45, 7) is 2.45. The molecule has 0 radical (unpaired) electrons. The van der Waals surface area contributed by atoms with Crippen molar-refractivity contribution < 1.29 is 22.7 Å². The van der Waals surface area contributed by atoms with Gasteiger partial charge in [0, 0.05) is 17.1 Å². The minimum absolute atomic E-state index is 0.0112. The molecule has 1 amide bonds. The maximum Gasteiger partial charge on any atom is 0.573 e. The van der Waals surface area contributed by atoms with E-state index < -0.39 is 18.0 Å². The third-order valence-corrected chi connectivity index (χ3v) is 4.14. The van der Waals surface area contributed by atoms with Gasteiger partial charge in [0.1, 0.15) is 5.75 Å². The quantitative estimate of drug-likeness (QED) is 0.778. The number of halogens is 4. The fraction of sp³-hybridized carbons (Fsp3) is 0.500. The molecular weight excluding hydrogens is 351 g/mol. The van der Waals surface area contributed by atoms with E-state index in [4.69, 9.17) is 0 Å². The molecule has 1 heterocycles. The van der Waals surface area contributed by atoms with Gasteiger partial charge in [-0.2, -0.15) is 0 Å². The number of piperidine rings is 1. The highest BCUT2D eigenvalue weighted by Gasteiger charge is 2.35. The van der Waals surface area contributed by atoms with Crippen molar-refractivity contribution in [2.24, 2.45) is 0 Å². The molecule has 1 aromatic carbocycles. The van der Waals surface area contributed by atoms with Crippen molar-refractivity contribution in [3.05, 3.63) is 28.2 Å². The van der Waals surface area contributed by atoms with Crippen LogP contribution in [-0.2, 0) is 0 Å². The van der Waals surface area contributed by atoms with Gasteiger partial charge in [0.25, 0.3) is 5.91 Å². The number of hydrogen-bond donors (Lipinski definition) is 0. The van der Waals surface area contributed by atoms with Crippen LogP contribution < -0.4 is 4.74 Å². The normalized spacial score (nSPS) is 19.5. The van der Waals surface area contributed by atoms with Gasteiger partial charge in [-0.05, 0) is 54.2 Å². The monoisotopic (exact) mass is 365 g/mol. The lowest BCUT2D eigenvalue weighted by molar-refractivity contribution is -0.274. The third kappa shape index (κ3) is 3.90. The lowest BCUT2D eigenvalue weighted by Crippen LogP contribution is -2.42.